The van der Waals surface area contributed by atoms with Crippen LogP contribution in [-0.4, -0.2) is 3.23 Å². The molecule has 0 aromatic rings. The van der Waals surface area contributed by atoms with E-state index < -0.39 is 0 Å². The second-order valence-corrected chi connectivity index (χ2v) is 7.87. The summed E-state index contributed by atoms with van der Waals surface area (Å²) in [7, 11) is 0. The molecule has 0 nitrogen and oxygen atoms in total. The van der Waals surface area contributed by atoms with Crippen molar-refractivity contribution < 1.29 is 0 Å². The standard InChI is InChI=1S/C11H22Br2/c1-3-5-7-9-11(12,13)10-8-6-4-2/h3-10H2,1-2H3. The molecule has 2 heteroatoms. The molecular formula is C11H22Br2. The maximum atomic E-state index is 3.76. The van der Waals surface area contributed by atoms with E-state index in [0.717, 1.165) is 0 Å². The van der Waals surface area contributed by atoms with E-state index in [1.54, 1.807) is 0 Å². The Morgan fingerprint density at radius 2 is 1.15 bits per heavy atom. The molecule has 0 saturated heterocycles. The van der Waals surface area contributed by atoms with Crippen LogP contribution in [0.4, 0.5) is 0 Å². The number of halogens is 2. The highest BCUT2D eigenvalue weighted by molar-refractivity contribution is 9.25. The van der Waals surface area contributed by atoms with Gasteiger partial charge in [-0.25, -0.2) is 0 Å². The first kappa shape index (κ1) is 14.0. The van der Waals surface area contributed by atoms with Crippen LogP contribution in [0.15, 0.2) is 0 Å². The number of hydrogen-bond donors (Lipinski definition) is 0. The van der Waals surface area contributed by atoms with Gasteiger partial charge in [-0.05, 0) is 12.8 Å². The van der Waals surface area contributed by atoms with Gasteiger partial charge in [0, 0.05) is 0 Å². The highest BCUT2D eigenvalue weighted by Gasteiger charge is 2.20. The summed E-state index contributed by atoms with van der Waals surface area (Å²) in [6.07, 6.45) is 10.5. The second kappa shape index (κ2) is 8.28. The molecule has 0 aliphatic carbocycles. The van der Waals surface area contributed by atoms with E-state index in [1.165, 1.54) is 51.4 Å². The fourth-order valence-electron chi connectivity index (χ4n) is 1.39. The average Bonchev–Trinajstić information content (AvgIpc) is 2.05. The van der Waals surface area contributed by atoms with Crippen LogP contribution in [-0.2, 0) is 0 Å². The number of unbranched alkanes of at least 4 members (excludes halogenated alkanes) is 4. The third-order valence-electron chi connectivity index (χ3n) is 2.29. The largest absolute Gasteiger partial charge is 0.0805 e. The molecule has 0 heterocycles. The van der Waals surface area contributed by atoms with Crippen molar-refractivity contribution in [1.82, 2.24) is 0 Å². The van der Waals surface area contributed by atoms with Crippen LogP contribution >= 0.6 is 31.9 Å². The monoisotopic (exact) mass is 312 g/mol. The molecule has 0 spiro atoms. The summed E-state index contributed by atoms with van der Waals surface area (Å²) < 4.78 is 0.227. The maximum absolute atomic E-state index is 3.76. The Kier molecular flexibility index (Phi) is 8.90. The Balaban J connectivity index is 3.42. The maximum Gasteiger partial charge on any atom is 0.0805 e. The third-order valence-corrected chi connectivity index (χ3v) is 3.88. The van der Waals surface area contributed by atoms with Crippen molar-refractivity contribution in [1.29, 1.82) is 0 Å². The first-order chi connectivity index (χ1) is 6.12. The van der Waals surface area contributed by atoms with E-state index in [9.17, 15) is 0 Å². The molecule has 0 aromatic carbocycles. The van der Waals surface area contributed by atoms with E-state index >= 15 is 0 Å². The van der Waals surface area contributed by atoms with E-state index in [4.69, 9.17) is 0 Å². The highest BCUT2D eigenvalue weighted by Crippen LogP contribution is 2.37. The van der Waals surface area contributed by atoms with Crippen LogP contribution < -0.4 is 0 Å². The van der Waals surface area contributed by atoms with Crippen molar-refractivity contribution in [3.63, 3.8) is 0 Å². The highest BCUT2D eigenvalue weighted by atomic mass is 79.9. The quantitative estimate of drug-likeness (QED) is 0.402. The van der Waals surface area contributed by atoms with Gasteiger partial charge in [0.1, 0.15) is 0 Å². The lowest BCUT2D eigenvalue weighted by Gasteiger charge is -2.19. The van der Waals surface area contributed by atoms with Gasteiger partial charge >= 0.3 is 0 Å². The van der Waals surface area contributed by atoms with Crippen LogP contribution in [0.3, 0.4) is 0 Å². The van der Waals surface area contributed by atoms with Crippen LogP contribution in [0.25, 0.3) is 0 Å². The number of hydrogen-bond acceptors (Lipinski definition) is 0. The van der Waals surface area contributed by atoms with Crippen LogP contribution in [0.2, 0.25) is 0 Å². The van der Waals surface area contributed by atoms with Gasteiger partial charge in [0.05, 0.1) is 3.23 Å². The van der Waals surface area contributed by atoms with Gasteiger partial charge in [0.2, 0.25) is 0 Å². The first-order valence-corrected chi connectivity index (χ1v) is 7.09. The van der Waals surface area contributed by atoms with E-state index in [2.05, 4.69) is 45.7 Å². The SMILES string of the molecule is CCCCCC(Br)(Br)CCCCC. The Morgan fingerprint density at radius 1 is 0.769 bits per heavy atom. The molecule has 0 atom stereocenters. The normalized spacial score (nSPS) is 12.0. The van der Waals surface area contributed by atoms with Gasteiger partial charge in [0.25, 0.3) is 0 Å². The Morgan fingerprint density at radius 3 is 1.46 bits per heavy atom. The van der Waals surface area contributed by atoms with Gasteiger partial charge in [-0.2, -0.15) is 0 Å². The molecule has 13 heavy (non-hydrogen) atoms. The first-order valence-electron chi connectivity index (χ1n) is 5.50. The minimum Gasteiger partial charge on any atom is -0.0727 e. The fraction of sp³-hybridized carbons (Fsp3) is 1.00. The van der Waals surface area contributed by atoms with Crippen LogP contribution in [0.5, 0.6) is 0 Å². The third kappa shape index (κ3) is 9.27. The molecule has 0 amide bonds. The van der Waals surface area contributed by atoms with Crippen molar-refractivity contribution in [2.24, 2.45) is 0 Å². The molecule has 0 aliphatic rings. The summed E-state index contributed by atoms with van der Waals surface area (Å²) in [5.41, 5.74) is 0. The van der Waals surface area contributed by atoms with Gasteiger partial charge in [-0.3, -0.25) is 0 Å². The zero-order valence-corrected chi connectivity index (χ0v) is 12.1. The molecule has 0 N–H and O–H groups in total. The lowest BCUT2D eigenvalue weighted by molar-refractivity contribution is 0.570. The summed E-state index contributed by atoms with van der Waals surface area (Å²) in [6, 6.07) is 0. The molecule has 0 fully saturated rings. The Labute approximate surface area is 100 Å². The molecule has 0 saturated carbocycles. The Bertz CT molecular complexity index is 98.7. The molecule has 0 radical (unpaired) electrons. The summed E-state index contributed by atoms with van der Waals surface area (Å²) >= 11 is 7.52. The molecular weight excluding hydrogens is 292 g/mol. The topological polar surface area (TPSA) is 0 Å². The summed E-state index contributed by atoms with van der Waals surface area (Å²) in [6.45, 7) is 4.50. The molecule has 0 rings (SSSR count). The molecule has 0 bridgehead atoms. The van der Waals surface area contributed by atoms with Crippen molar-refractivity contribution in [2.45, 2.75) is 68.4 Å². The van der Waals surface area contributed by atoms with Crippen molar-refractivity contribution in [3.8, 4) is 0 Å². The van der Waals surface area contributed by atoms with Crippen LogP contribution in [0.1, 0.15) is 65.2 Å². The summed E-state index contributed by atoms with van der Waals surface area (Å²) in [5, 5.41) is 0. The van der Waals surface area contributed by atoms with E-state index in [1.807, 2.05) is 0 Å². The van der Waals surface area contributed by atoms with Gasteiger partial charge in [-0.1, -0.05) is 84.2 Å². The molecule has 0 unspecified atom stereocenters. The average molecular weight is 314 g/mol. The predicted octanol–water partition coefficient (Wildman–Crippen LogP) is 5.63. The van der Waals surface area contributed by atoms with E-state index in [0.29, 0.717) is 0 Å². The van der Waals surface area contributed by atoms with Gasteiger partial charge in [-0.15, -0.1) is 0 Å². The van der Waals surface area contributed by atoms with Crippen molar-refractivity contribution in [3.05, 3.63) is 0 Å². The second-order valence-electron chi connectivity index (χ2n) is 3.77. The minimum absolute atomic E-state index is 0.227. The van der Waals surface area contributed by atoms with Gasteiger partial charge in [0.15, 0.2) is 0 Å². The lowest BCUT2D eigenvalue weighted by Crippen LogP contribution is -2.10. The number of alkyl halides is 2. The number of rotatable bonds is 8. The molecule has 0 aromatic heterocycles. The van der Waals surface area contributed by atoms with Crippen molar-refractivity contribution >= 4 is 31.9 Å². The summed E-state index contributed by atoms with van der Waals surface area (Å²) in [4.78, 5) is 0. The predicted molar refractivity (Wildman–Crippen MR) is 68.9 cm³/mol. The zero-order valence-electron chi connectivity index (χ0n) is 8.91. The minimum atomic E-state index is 0.227. The Hall–Kier alpha value is 0.960. The van der Waals surface area contributed by atoms with Crippen LogP contribution in [0, 0.1) is 0 Å². The fourth-order valence-corrected chi connectivity index (χ4v) is 2.51. The smallest absolute Gasteiger partial charge is 0.0727 e. The lowest BCUT2D eigenvalue weighted by atomic mass is 10.1. The van der Waals surface area contributed by atoms with Crippen molar-refractivity contribution in [2.75, 3.05) is 0 Å². The summed E-state index contributed by atoms with van der Waals surface area (Å²) in [5.74, 6) is 0. The molecule has 80 valence electrons. The van der Waals surface area contributed by atoms with Gasteiger partial charge < -0.3 is 0 Å². The molecule has 0 aliphatic heterocycles. The van der Waals surface area contributed by atoms with E-state index in [-0.39, 0.29) is 3.23 Å². The zero-order chi connectivity index (χ0) is 10.2.